The summed E-state index contributed by atoms with van der Waals surface area (Å²) in [7, 11) is 3.71. The minimum absolute atomic E-state index is 0.389. The lowest BCUT2D eigenvalue weighted by molar-refractivity contribution is -0.583. The standard InChI is InChI=1S/C3H8.C2H8NS2/c1-3-2;1-3(2,4)5/h3H2,1-2H3;4-5H,1-2H3/q;+1. The van der Waals surface area contributed by atoms with Gasteiger partial charge in [-0.15, -0.1) is 0 Å². The number of thiol groups is 2. The van der Waals surface area contributed by atoms with Crippen molar-refractivity contribution in [2.75, 3.05) is 14.1 Å². The van der Waals surface area contributed by atoms with E-state index in [-0.39, 0.29) is 0 Å². The van der Waals surface area contributed by atoms with Gasteiger partial charge in [-0.1, -0.05) is 20.3 Å². The lowest BCUT2D eigenvalue weighted by atomic mass is 10.6. The van der Waals surface area contributed by atoms with Crippen LogP contribution in [0.1, 0.15) is 20.3 Å². The lowest BCUT2D eigenvalue weighted by Gasteiger charge is -2.07. The number of hydrogen-bond donors (Lipinski definition) is 2. The van der Waals surface area contributed by atoms with Gasteiger partial charge in [0.1, 0.15) is 0 Å². The molecule has 0 aromatic heterocycles. The predicted molar refractivity (Wildman–Crippen MR) is 46.0 cm³/mol. The van der Waals surface area contributed by atoms with Crippen LogP contribution in [-0.4, -0.2) is 17.4 Å². The van der Waals surface area contributed by atoms with Crippen LogP contribution in [0.15, 0.2) is 0 Å². The Morgan fingerprint density at radius 3 is 1.12 bits per heavy atom. The van der Waals surface area contributed by atoms with Crippen LogP contribution in [0.4, 0.5) is 0 Å². The molecule has 1 nitrogen and oxygen atoms in total. The largest absolute Gasteiger partial charge is 0.211 e. The third kappa shape index (κ3) is 490. The Morgan fingerprint density at radius 2 is 1.12 bits per heavy atom. The molecule has 0 fully saturated rings. The van der Waals surface area contributed by atoms with Crippen LogP contribution in [0, 0.1) is 0 Å². The first kappa shape index (κ1) is 11.5. The highest BCUT2D eigenvalue weighted by Gasteiger charge is 1.94. The van der Waals surface area contributed by atoms with Crippen molar-refractivity contribution in [2.24, 2.45) is 0 Å². The van der Waals surface area contributed by atoms with E-state index in [1.807, 2.05) is 14.1 Å². The average molecular weight is 154 g/mol. The normalized spacial score (nSPS) is 9.75. The molecule has 0 saturated heterocycles. The van der Waals surface area contributed by atoms with Crippen LogP contribution in [0.25, 0.3) is 0 Å². The maximum absolute atomic E-state index is 3.92. The number of nitrogens with zero attached hydrogens (tertiary/aromatic N) is 1. The molecule has 0 aliphatic rings. The zero-order valence-electron chi connectivity index (χ0n) is 6.05. The van der Waals surface area contributed by atoms with Crippen molar-refractivity contribution in [3.05, 3.63) is 0 Å². The van der Waals surface area contributed by atoms with Crippen LogP contribution in [0.5, 0.6) is 0 Å². The van der Waals surface area contributed by atoms with E-state index < -0.39 is 0 Å². The zero-order valence-corrected chi connectivity index (χ0v) is 7.84. The second-order valence-electron chi connectivity index (χ2n) is 2.04. The summed E-state index contributed by atoms with van der Waals surface area (Å²) in [4.78, 5) is 0. The van der Waals surface area contributed by atoms with Crippen molar-refractivity contribution in [1.29, 1.82) is 0 Å². The van der Waals surface area contributed by atoms with Gasteiger partial charge in [-0.25, -0.2) is 3.29 Å². The Kier molecular flexibility index (Phi) is 8.29. The van der Waals surface area contributed by atoms with Crippen LogP contribution < -0.4 is 0 Å². The molecular formula is C5H16NS2+. The molecular weight excluding hydrogens is 138 g/mol. The third-order valence-electron chi connectivity index (χ3n) is 0. The van der Waals surface area contributed by atoms with E-state index in [2.05, 4.69) is 39.5 Å². The van der Waals surface area contributed by atoms with Crippen LogP contribution in [0.2, 0.25) is 0 Å². The molecule has 52 valence electrons. The van der Waals surface area contributed by atoms with E-state index in [1.54, 1.807) is 0 Å². The van der Waals surface area contributed by atoms with Gasteiger partial charge in [0.25, 0.3) is 0 Å². The fourth-order valence-corrected chi connectivity index (χ4v) is 0. The van der Waals surface area contributed by atoms with Gasteiger partial charge in [0.2, 0.25) is 0 Å². The summed E-state index contributed by atoms with van der Waals surface area (Å²) >= 11 is 7.85. The molecule has 0 amide bonds. The van der Waals surface area contributed by atoms with E-state index in [0.717, 1.165) is 0 Å². The van der Waals surface area contributed by atoms with Gasteiger partial charge in [0.15, 0.2) is 0 Å². The monoisotopic (exact) mass is 154 g/mol. The summed E-state index contributed by atoms with van der Waals surface area (Å²) < 4.78 is 0.389. The van der Waals surface area contributed by atoms with Gasteiger partial charge < -0.3 is 0 Å². The number of quaternary nitrogens is 1. The van der Waals surface area contributed by atoms with Gasteiger partial charge in [0.05, 0.1) is 39.7 Å². The van der Waals surface area contributed by atoms with Crippen molar-refractivity contribution in [2.45, 2.75) is 20.3 Å². The Hall–Kier alpha value is 0.660. The molecule has 0 saturated carbocycles. The molecule has 0 atom stereocenters. The molecule has 8 heavy (non-hydrogen) atoms. The molecule has 0 spiro atoms. The summed E-state index contributed by atoms with van der Waals surface area (Å²) in [6.07, 6.45) is 1.25. The number of hydrogen-bond acceptors (Lipinski definition) is 2. The smallest absolute Gasteiger partial charge is 0.0892 e. The van der Waals surface area contributed by atoms with E-state index >= 15 is 0 Å². The van der Waals surface area contributed by atoms with Crippen molar-refractivity contribution in [3.8, 4) is 0 Å². The van der Waals surface area contributed by atoms with Gasteiger partial charge in [0, 0.05) is 0 Å². The number of rotatable bonds is 0. The highest BCUT2D eigenvalue weighted by atomic mass is 32.2. The van der Waals surface area contributed by atoms with E-state index in [9.17, 15) is 0 Å². The minimum Gasteiger partial charge on any atom is -0.211 e. The SMILES string of the molecule is CCC.C[N+](C)(S)S. The Labute approximate surface area is 63.8 Å². The Balaban J connectivity index is 0. The minimum atomic E-state index is 0.389. The molecule has 0 radical (unpaired) electrons. The maximum atomic E-state index is 3.92. The second kappa shape index (κ2) is 5.79. The second-order valence-corrected chi connectivity index (χ2v) is 4.36. The molecule has 0 aliphatic carbocycles. The van der Waals surface area contributed by atoms with Crippen LogP contribution in [-0.2, 0) is 0 Å². The molecule has 0 heterocycles. The van der Waals surface area contributed by atoms with Gasteiger partial charge >= 0.3 is 0 Å². The van der Waals surface area contributed by atoms with Crippen LogP contribution in [0.3, 0.4) is 0 Å². The van der Waals surface area contributed by atoms with Crippen LogP contribution >= 0.6 is 25.6 Å². The summed E-state index contributed by atoms with van der Waals surface area (Å²) in [5.41, 5.74) is 0. The first-order valence-electron chi connectivity index (χ1n) is 2.71. The van der Waals surface area contributed by atoms with Crippen molar-refractivity contribution >= 4 is 25.6 Å². The Bertz CT molecular complexity index is 34.2. The fourth-order valence-electron chi connectivity index (χ4n) is 0. The summed E-state index contributed by atoms with van der Waals surface area (Å²) in [5.74, 6) is 0. The molecule has 0 bridgehead atoms. The first-order valence-corrected chi connectivity index (χ1v) is 3.51. The van der Waals surface area contributed by atoms with Crippen molar-refractivity contribution in [1.82, 2.24) is 0 Å². The molecule has 0 rings (SSSR count). The summed E-state index contributed by atoms with van der Waals surface area (Å²) in [6.45, 7) is 4.25. The highest BCUT2D eigenvalue weighted by molar-refractivity contribution is 7.87. The van der Waals surface area contributed by atoms with E-state index in [4.69, 9.17) is 0 Å². The van der Waals surface area contributed by atoms with Gasteiger partial charge in [-0.2, -0.15) is 0 Å². The Morgan fingerprint density at radius 1 is 1.12 bits per heavy atom. The quantitative estimate of drug-likeness (QED) is 0.388. The predicted octanol–water partition coefficient (Wildman–Crippen LogP) is 2.17. The van der Waals surface area contributed by atoms with Gasteiger partial charge in [-0.3, -0.25) is 0 Å². The molecule has 0 N–H and O–H groups in total. The van der Waals surface area contributed by atoms with E-state index in [0.29, 0.717) is 3.29 Å². The summed E-state index contributed by atoms with van der Waals surface area (Å²) in [5, 5.41) is 0. The fraction of sp³-hybridized carbons (Fsp3) is 1.00. The summed E-state index contributed by atoms with van der Waals surface area (Å²) in [6, 6.07) is 0. The lowest BCUT2D eigenvalue weighted by Crippen LogP contribution is -2.11. The maximum Gasteiger partial charge on any atom is 0.0892 e. The van der Waals surface area contributed by atoms with E-state index in [1.165, 1.54) is 6.42 Å². The van der Waals surface area contributed by atoms with Crippen molar-refractivity contribution in [3.63, 3.8) is 0 Å². The highest BCUT2D eigenvalue weighted by Crippen LogP contribution is 2.02. The van der Waals surface area contributed by atoms with Crippen molar-refractivity contribution < 1.29 is 3.29 Å². The molecule has 0 unspecified atom stereocenters. The first-order chi connectivity index (χ1) is 3.41. The molecule has 3 heteroatoms. The van der Waals surface area contributed by atoms with Gasteiger partial charge in [-0.05, 0) is 0 Å². The zero-order chi connectivity index (χ0) is 7.21. The molecule has 0 aliphatic heterocycles. The average Bonchev–Trinajstić information content (AvgIpc) is 1.27. The third-order valence-corrected chi connectivity index (χ3v) is 0. The molecule has 0 aromatic rings. The molecule has 0 aromatic carbocycles. The topological polar surface area (TPSA) is 0 Å².